The molecule has 0 aliphatic carbocycles. The van der Waals surface area contributed by atoms with E-state index in [1.807, 2.05) is 13.0 Å². The van der Waals surface area contributed by atoms with Crippen molar-refractivity contribution in [2.45, 2.75) is 18.9 Å². The van der Waals surface area contributed by atoms with Crippen molar-refractivity contribution >= 4 is 33.3 Å². The van der Waals surface area contributed by atoms with Gasteiger partial charge in [-0.3, -0.25) is 9.59 Å². The molecular formula is C18H16BrNO4. The van der Waals surface area contributed by atoms with Crippen molar-refractivity contribution in [3.8, 4) is 5.75 Å². The molecule has 5 nitrogen and oxygen atoms in total. The average Bonchev–Trinajstić information content (AvgIpc) is 2.80. The van der Waals surface area contributed by atoms with Gasteiger partial charge in [-0.1, -0.05) is 6.07 Å². The second kappa shape index (κ2) is 6.03. The summed E-state index contributed by atoms with van der Waals surface area (Å²) < 4.78 is 5.74. The summed E-state index contributed by atoms with van der Waals surface area (Å²) in [7, 11) is 1.54. The van der Waals surface area contributed by atoms with Crippen LogP contribution in [0.3, 0.4) is 0 Å². The molecule has 1 atom stereocenters. The first-order valence-electron chi connectivity index (χ1n) is 7.37. The van der Waals surface area contributed by atoms with Crippen LogP contribution in [0.4, 0.5) is 5.69 Å². The largest absolute Gasteiger partial charge is 0.497 e. The summed E-state index contributed by atoms with van der Waals surface area (Å²) in [6, 6.07) is 10.1. The number of carbonyl (C=O) groups excluding carboxylic acids is 2. The highest BCUT2D eigenvalue weighted by Crippen LogP contribution is 2.43. The zero-order valence-corrected chi connectivity index (χ0v) is 14.8. The number of aliphatic hydroxyl groups is 1. The molecular weight excluding hydrogens is 374 g/mol. The number of ether oxygens (including phenoxy) is 1. The predicted octanol–water partition coefficient (Wildman–Crippen LogP) is 3.18. The van der Waals surface area contributed by atoms with Crippen molar-refractivity contribution in [1.82, 2.24) is 0 Å². The minimum Gasteiger partial charge on any atom is -0.497 e. The molecule has 24 heavy (non-hydrogen) atoms. The Bertz CT molecular complexity index is 832. The number of anilines is 1. The first-order valence-corrected chi connectivity index (χ1v) is 8.16. The highest BCUT2D eigenvalue weighted by atomic mass is 79.9. The number of carbonyl (C=O) groups is 2. The first kappa shape index (κ1) is 16.7. The van der Waals surface area contributed by atoms with E-state index in [2.05, 4.69) is 21.2 Å². The molecule has 2 N–H and O–H groups in total. The molecule has 0 saturated heterocycles. The summed E-state index contributed by atoms with van der Waals surface area (Å²) in [4.78, 5) is 24.9. The molecule has 1 heterocycles. The van der Waals surface area contributed by atoms with E-state index in [-0.39, 0.29) is 12.2 Å². The molecule has 1 aliphatic heterocycles. The molecule has 0 aromatic heterocycles. The van der Waals surface area contributed by atoms with Gasteiger partial charge in [0.15, 0.2) is 11.4 Å². The maximum atomic E-state index is 12.5. The number of Topliss-reactive ketones (excluding diaryl/α,β-unsaturated/α-hetero) is 1. The third-order valence-electron chi connectivity index (χ3n) is 4.12. The number of methoxy groups -OCH3 is 1. The van der Waals surface area contributed by atoms with E-state index >= 15 is 0 Å². The Kier molecular flexibility index (Phi) is 4.19. The normalized spacial score (nSPS) is 18.9. The van der Waals surface area contributed by atoms with Crippen molar-refractivity contribution in [2.75, 3.05) is 12.4 Å². The van der Waals surface area contributed by atoms with Gasteiger partial charge in [0.2, 0.25) is 0 Å². The highest BCUT2D eigenvalue weighted by Gasteiger charge is 2.47. The van der Waals surface area contributed by atoms with Crippen LogP contribution in [0.5, 0.6) is 5.75 Å². The number of aryl methyl sites for hydroxylation is 1. The number of amides is 1. The summed E-state index contributed by atoms with van der Waals surface area (Å²) in [6.45, 7) is 1.86. The van der Waals surface area contributed by atoms with E-state index in [9.17, 15) is 14.7 Å². The number of nitrogens with one attached hydrogen (secondary N) is 1. The van der Waals surface area contributed by atoms with Gasteiger partial charge in [0.05, 0.1) is 19.2 Å². The van der Waals surface area contributed by atoms with Crippen LogP contribution in [-0.2, 0) is 10.4 Å². The minimum absolute atomic E-state index is 0.319. The molecule has 0 radical (unpaired) electrons. The highest BCUT2D eigenvalue weighted by molar-refractivity contribution is 9.10. The number of hydrogen-bond donors (Lipinski definition) is 2. The van der Waals surface area contributed by atoms with Gasteiger partial charge in [0.25, 0.3) is 5.91 Å². The van der Waals surface area contributed by atoms with Crippen LogP contribution < -0.4 is 10.1 Å². The molecule has 0 saturated carbocycles. The molecule has 0 bridgehead atoms. The lowest BCUT2D eigenvalue weighted by atomic mass is 9.87. The summed E-state index contributed by atoms with van der Waals surface area (Å²) in [5, 5.41) is 13.6. The number of fused-ring (bicyclic) bond motifs is 1. The summed E-state index contributed by atoms with van der Waals surface area (Å²) in [5.74, 6) is -0.278. The van der Waals surface area contributed by atoms with Crippen LogP contribution in [0.15, 0.2) is 40.9 Å². The number of rotatable bonds is 4. The fourth-order valence-electron chi connectivity index (χ4n) is 2.82. The number of hydrogen-bond acceptors (Lipinski definition) is 4. The Morgan fingerprint density at radius 1 is 1.29 bits per heavy atom. The Hall–Kier alpha value is -2.18. The third kappa shape index (κ3) is 2.72. The SMILES string of the molecule is COc1ccc(C(=O)C[C@@]2(O)C(=O)Nc3c(Br)cc(C)cc32)cc1. The summed E-state index contributed by atoms with van der Waals surface area (Å²) in [5.41, 5.74) is 0.349. The van der Waals surface area contributed by atoms with Crippen molar-refractivity contribution in [3.63, 3.8) is 0 Å². The molecule has 1 amide bonds. The standard InChI is InChI=1S/C18H16BrNO4/c1-10-7-13-16(14(19)8-10)20-17(22)18(13,23)9-15(21)11-3-5-12(24-2)6-4-11/h3-8,23H,9H2,1-2H3,(H,20,22)/t18-/m0/s1. The van der Waals surface area contributed by atoms with Gasteiger partial charge in [-0.2, -0.15) is 0 Å². The maximum Gasteiger partial charge on any atom is 0.261 e. The summed E-state index contributed by atoms with van der Waals surface area (Å²) >= 11 is 3.38. The first-order chi connectivity index (χ1) is 11.3. The molecule has 0 unspecified atom stereocenters. The van der Waals surface area contributed by atoms with Crippen LogP contribution in [-0.4, -0.2) is 23.9 Å². The van der Waals surface area contributed by atoms with Gasteiger partial charge in [-0.25, -0.2) is 0 Å². The number of ketones is 1. The van der Waals surface area contributed by atoms with Crippen LogP contribution in [0, 0.1) is 6.92 Å². The Balaban J connectivity index is 1.94. The molecule has 124 valence electrons. The van der Waals surface area contributed by atoms with Crippen LogP contribution in [0.25, 0.3) is 0 Å². The molecule has 1 aliphatic rings. The second-order valence-electron chi connectivity index (χ2n) is 5.81. The van der Waals surface area contributed by atoms with Crippen molar-refractivity contribution < 1.29 is 19.4 Å². The van der Waals surface area contributed by atoms with Crippen LogP contribution in [0.1, 0.15) is 27.9 Å². The van der Waals surface area contributed by atoms with E-state index < -0.39 is 11.5 Å². The van der Waals surface area contributed by atoms with E-state index in [0.29, 0.717) is 27.0 Å². The Morgan fingerprint density at radius 2 is 1.96 bits per heavy atom. The Labute approximate surface area is 147 Å². The van der Waals surface area contributed by atoms with E-state index in [0.717, 1.165) is 5.56 Å². The van der Waals surface area contributed by atoms with Gasteiger partial charge >= 0.3 is 0 Å². The molecule has 6 heteroatoms. The Morgan fingerprint density at radius 3 is 2.58 bits per heavy atom. The maximum absolute atomic E-state index is 12.5. The smallest absolute Gasteiger partial charge is 0.261 e. The van der Waals surface area contributed by atoms with Crippen LogP contribution in [0.2, 0.25) is 0 Å². The lowest BCUT2D eigenvalue weighted by Crippen LogP contribution is -2.36. The molecule has 0 spiro atoms. The van der Waals surface area contributed by atoms with E-state index in [4.69, 9.17) is 4.74 Å². The zero-order chi connectivity index (χ0) is 17.5. The fourth-order valence-corrected chi connectivity index (χ4v) is 3.50. The molecule has 3 rings (SSSR count). The quantitative estimate of drug-likeness (QED) is 0.787. The minimum atomic E-state index is -1.87. The van der Waals surface area contributed by atoms with Crippen LogP contribution >= 0.6 is 15.9 Å². The lowest BCUT2D eigenvalue weighted by molar-refractivity contribution is -0.133. The number of halogens is 1. The topological polar surface area (TPSA) is 75.6 Å². The van der Waals surface area contributed by atoms with Crippen molar-refractivity contribution in [3.05, 3.63) is 57.6 Å². The third-order valence-corrected chi connectivity index (χ3v) is 4.75. The fraction of sp³-hybridized carbons (Fsp3) is 0.222. The monoisotopic (exact) mass is 389 g/mol. The number of benzene rings is 2. The predicted molar refractivity (Wildman–Crippen MR) is 93.3 cm³/mol. The van der Waals surface area contributed by atoms with Gasteiger partial charge < -0.3 is 15.2 Å². The summed E-state index contributed by atoms with van der Waals surface area (Å²) in [6.07, 6.45) is -0.325. The van der Waals surface area contributed by atoms with Gasteiger partial charge in [0, 0.05) is 15.6 Å². The zero-order valence-electron chi connectivity index (χ0n) is 13.2. The van der Waals surface area contributed by atoms with Gasteiger partial charge in [-0.15, -0.1) is 0 Å². The van der Waals surface area contributed by atoms with E-state index in [1.165, 1.54) is 0 Å². The van der Waals surface area contributed by atoms with E-state index in [1.54, 1.807) is 37.4 Å². The molecule has 2 aromatic rings. The van der Waals surface area contributed by atoms with Crippen molar-refractivity contribution in [2.24, 2.45) is 0 Å². The second-order valence-corrected chi connectivity index (χ2v) is 6.67. The van der Waals surface area contributed by atoms with Crippen molar-refractivity contribution in [1.29, 1.82) is 0 Å². The molecule has 0 fully saturated rings. The van der Waals surface area contributed by atoms with Gasteiger partial charge in [0.1, 0.15) is 5.75 Å². The molecule has 2 aromatic carbocycles. The van der Waals surface area contributed by atoms with Gasteiger partial charge in [-0.05, 0) is 58.7 Å². The lowest BCUT2D eigenvalue weighted by Gasteiger charge is -2.20. The average molecular weight is 390 g/mol.